The van der Waals surface area contributed by atoms with E-state index in [9.17, 15) is 4.79 Å². The van der Waals surface area contributed by atoms with Gasteiger partial charge in [-0.05, 0) is 71.6 Å². The zero-order chi connectivity index (χ0) is 22.6. The van der Waals surface area contributed by atoms with Crippen LogP contribution in [0.1, 0.15) is 62.9 Å². The second-order valence-electron chi connectivity index (χ2n) is 9.62. The van der Waals surface area contributed by atoms with Crippen LogP contribution in [0.25, 0.3) is 17.3 Å². The van der Waals surface area contributed by atoms with Crippen molar-refractivity contribution in [1.29, 1.82) is 0 Å². The van der Waals surface area contributed by atoms with Crippen LogP contribution in [-0.4, -0.2) is 22.3 Å². The summed E-state index contributed by atoms with van der Waals surface area (Å²) in [7, 11) is 1.66. The van der Waals surface area contributed by atoms with Crippen LogP contribution < -0.4 is 10.1 Å². The number of aryl methyl sites for hydroxylation is 1. The molecule has 1 N–H and O–H groups in total. The Morgan fingerprint density at radius 2 is 1.77 bits per heavy atom. The lowest BCUT2D eigenvalue weighted by atomic mass is 9.62. The smallest absolute Gasteiger partial charge is 0.263 e. The average Bonchev–Trinajstić information content (AvgIpc) is 3.02. The molecule has 0 saturated carbocycles. The van der Waals surface area contributed by atoms with Crippen LogP contribution in [0.2, 0.25) is 0 Å². The first-order valence-corrected chi connectivity index (χ1v) is 11.7. The molecule has 0 atom stereocenters. The molecule has 1 aromatic heterocycles. The second kappa shape index (κ2) is 7.75. The molecule has 1 saturated heterocycles. The number of carbonyl (C=O) groups is 1. The predicted octanol–water partition coefficient (Wildman–Crippen LogP) is 5.90. The fraction of sp³-hybridized carbons (Fsp3) is 0.400. The number of rotatable bonds is 3. The number of nitrogens with zero attached hydrogens (tertiary/aromatic N) is 1. The summed E-state index contributed by atoms with van der Waals surface area (Å²) in [5.74, 6) is 0.542. The van der Waals surface area contributed by atoms with Gasteiger partial charge in [0.1, 0.15) is 15.8 Å². The molecule has 1 aliphatic heterocycles. The molecule has 2 heterocycles. The molecule has 1 amide bonds. The Morgan fingerprint density at radius 1 is 1.13 bits per heavy atom. The molecular formula is C25H28N2O2S2. The zero-order valence-electron chi connectivity index (χ0n) is 18.9. The van der Waals surface area contributed by atoms with Gasteiger partial charge in [-0.1, -0.05) is 57.7 Å². The number of hydrogen-bond donors (Lipinski definition) is 1. The number of ether oxygens (including phenoxy) is 1. The first-order valence-electron chi connectivity index (χ1n) is 10.5. The number of carbonyl (C=O) groups excluding carboxylic acids is 1. The maximum absolute atomic E-state index is 12.1. The third kappa shape index (κ3) is 4.03. The standard InChI is InChI=1S/C25H28N2O2S2/c1-14-11-17-18(25(4,5)10-9-24(17,2)3)13-16(14)21-19(29-6)8-7-15(26-21)12-20-22(28)27-23(30)31-20/h7-8,11-13H,9-10H2,1-6H3,(H,27,28,30)/b20-12-. The minimum absolute atomic E-state index is 0.106. The lowest BCUT2D eigenvalue weighted by Gasteiger charge is -2.42. The lowest BCUT2D eigenvalue weighted by Crippen LogP contribution is -2.34. The van der Waals surface area contributed by atoms with Gasteiger partial charge in [0.05, 0.1) is 17.7 Å². The van der Waals surface area contributed by atoms with Crippen molar-refractivity contribution in [3.05, 3.63) is 51.6 Å². The van der Waals surface area contributed by atoms with Crippen LogP contribution in [0.3, 0.4) is 0 Å². The van der Waals surface area contributed by atoms with E-state index >= 15 is 0 Å². The van der Waals surface area contributed by atoms with Crippen LogP contribution in [0, 0.1) is 6.92 Å². The van der Waals surface area contributed by atoms with Crippen molar-refractivity contribution < 1.29 is 9.53 Å². The Hall–Kier alpha value is -2.18. The van der Waals surface area contributed by atoms with Gasteiger partial charge in [0, 0.05) is 5.56 Å². The number of fused-ring (bicyclic) bond motifs is 1. The lowest BCUT2D eigenvalue weighted by molar-refractivity contribution is -0.115. The van der Waals surface area contributed by atoms with Crippen molar-refractivity contribution in [3.8, 4) is 17.0 Å². The average molecular weight is 453 g/mol. The van der Waals surface area contributed by atoms with E-state index in [0.29, 0.717) is 14.9 Å². The first-order chi connectivity index (χ1) is 14.5. The van der Waals surface area contributed by atoms with E-state index < -0.39 is 0 Å². The number of methoxy groups -OCH3 is 1. The third-order valence-corrected chi connectivity index (χ3v) is 7.64. The largest absolute Gasteiger partial charge is 0.494 e. The summed E-state index contributed by atoms with van der Waals surface area (Å²) >= 11 is 6.36. The van der Waals surface area contributed by atoms with Crippen LogP contribution >= 0.6 is 24.0 Å². The minimum atomic E-state index is -0.178. The highest BCUT2D eigenvalue weighted by molar-refractivity contribution is 8.26. The highest BCUT2D eigenvalue weighted by atomic mass is 32.2. The fourth-order valence-corrected chi connectivity index (χ4v) is 5.46. The van der Waals surface area contributed by atoms with Gasteiger partial charge in [-0.3, -0.25) is 4.79 Å². The van der Waals surface area contributed by atoms with Gasteiger partial charge >= 0.3 is 0 Å². The molecule has 4 nitrogen and oxygen atoms in total. The van der Waals surface area contributed by atoms with Gasteiger partial charge in [-0.25, -0.2) is 4.98 Å². The Balaban J connectivity index is 1.87. The summed E-state index contributed by atoms with van der Waals surface area (Å²) < 4.78 is 6.14. The van der Waals surface area contributed by atoms with E-state index in [1.54, 1.807) is 13.2 Å². The molecule has 31 heavy (non-hydrogen) atoms. The molecule has 2 aromatic rings. The van der Waals surface area contributed by atoms with Crippen molar-refractivity contribution in [3.63, 3.8) is 0 Å². The third-order valence-electron chi connectivity index (χ3n) is 6.47. The van der Waals surface area contributed by atoms with Crippen molar-refractivity contribution in [2.75, 3.05) is 7.11 Å². The number of amides is 1. The number of hydrogen-bond acceptors (Lipinski definition) is 5. The molecule has 0 spiro atoms. The number of pyridine rings is 1. The second-order valence-corrected chi connectivity index (χ2v) is 11.3. The molecule has 4 rings (SSSR count). The fourth-order valence-electron chi connectivity index (χ4n) is 4.43. The number of benzene rings is 1. The Labute approximate surface area is 193 Å². The minimum Gasteiger partial charge on any atom is -0.494 e. The quantitative estimate of drug-likeness (QED) is 0.464. The van der Waals surface area contributed by atoms with Gasteiger partial charge in [0.15, 0.2) is 0 Å². The topological polar surface area (TPSA) is 51.2 Å². The summed E-state index contributed by atoms with van der Waals surface area (Å²) in [6.07, 6.45) is 4.11. The molecule has 0 radical (unpaired) electrons. The summed E-state index contributed by atoms with van der Waals surface area (Å²) in [5, 5.41) is 2.65. The molecule has 2 aliphatic rings. The van der Waals surface area contributed by atoms with Crippen molar-refractivity contribution in [2.45, 2.75) is 58.3 Å². The highest BCUT2D eigenvalue weighted by Gasteiger charge is 2.37. The molecule has 1 aromatic carbocycles. The van der Waals surface area contributed by atoms with Crippen LogP contribution in [0.4, 0.5) is 0 Å². The summed E-state index contributed by atoms with van der Waals surface area (Å²) in [5.41, 5.74) is 6.81. The van der Waals surface area contributed by atoms with Crippen LogP contribution in [-0.2, 0) is 15.6 Å². The molecule has 1 fully saturated rings. The van der Waals surface area contributed by atoms with Crippen molar-refractivity contribution in [1.82, 2.24) is 10.3 Å². The highest BCUT2D eigenvalue weighted by Crippen LogP contribution is 2.48. The number of thioether (sulfide) groups is 1. The van der Waals surface area contributed by atoms with E-state index in [-0.39, 0.29) is 16.7 Å². The number of thiocarbonyl (C=S) groups is 1. The summed E-state index contributed by atoms with van der Waals surface area (Å²) in [6, 6.07) is 8.42. The van der Waals surface area contributed by atoms with Gasteiger partial charge in [0.25, 0.3) is 5.91 Å². The van der Waals surface area contributed by atoms with E-state index in [1.807, 2.05) is 12.1 Å². The number of aromatic nitrogens is 1. The molecule has 1 aliphatic carbocycles. The molecule has 162 valence electrons. The van der Waals surface area contributed by atoms with Gasteiger partial charge in [-0.2, -0.15) is 0 Å². The Kier molecular flexibility index (Phi) is 5.51. The molecule has 6 heteroatoms. The van der Waals surface area contributed by atoms with Gasteiger partial charge < -0.3 is 10.1 Å². The van der Waals surface area contributed by atoms with Gasteiger partial charge in [0.2, 0.25) is 0 Å². The normalized spacial score (nSPS) is 20.5. The molecule has 0 bridgehead atoms. The Bertz CT molecular complexity index is 1130. The predicted molar refractivity (Wildman–Crippen MR) is 133 cm³/mol. The maximum Gasteiger partial charge on any atom is 0.263 e. The van der Waals surface area contributed by atoms with Crippen molar-refractivity contribution >= 4 is 40.3 Å². The monoisotopic (exact) mass is 452 g/mol. The van der Waals surface area contributed by atoms with E-state index in [1.165, 1.54) is 34.9 Å². The SMILES string of the molecule is COc1ccc(/C=C2\SC(=S)NC2=O)nc1-c1cc2c(cc1C)C(C)(C)CCC2(C)C. The maximum atomic E-state index is 12.1. The molecule has 0 unspecified atom stereocenters. The van der Waals surface area contributed by atoms with E-state index in [2.05, 4.69) is 52.1 Å². The zero-order valence-corrected chi connectivity index (χ0v) is 20.5. The first kappa shape index (κ1) is 22.0. The number of nitrogens with one attached hydrogen (secondary N) is 1. The van der Waals surface area contributed by atoms with Crippen LogP contribution in [0.5, 0.6) is 5.75 Å². The van der Waals surface area contributed by atoms with Crippen molar-refractivity contribution in [2.24, 2.45) is 0 Å². The Morgan fingerprint density at radius 3 is 2.35 bits per heavy atom. The van der Waals surface area contributed by atoms with Gasteiger partial charge in [-0.15, -0.1) is 0 Å². The van der Waals surface area contributed by atoms with E-state index in [0.717, 1.165) is 23.4 Å². The van der Waals surface area contributed by atoms with E-state index in [4.69, 9.17) is 21.9 Å². The van der Waals surface area contributed by atoms with Crippen LogP contribution in [0.15, 0.2) is 29.2 Å². The summed E-state index contributed by atoms with van der Waals surface area (Å²) in [4.78, 5) is 17.5. The molecular weight excluding hydrogens is 424 g/mol. The summed E-state index contributed by atoms with van der Waals surface area (Å²) in [6.45, 7) is 11.5.